The lowest BCUT2D eigenvalue weighted by Crippen LogP contribution is -2.34. The van der Waals surface area contributed by atoms with Crippen molar-refractivity contribution in [1.82, 2.24) is 4.98 Å². The first-order valence-electron chi connectivity index (χ1n) is 12.3. The van der Waals surface area contributed by atoms with Crippen LogP contribution in [-0.4, -0.2) is 32.2 Å². The normalized spacial score (nSPS) is 11.1. The summed E-state index contributed by atoms with van der Waals surface area (Å²) in [4.78, 5) is 9.34. The molecule has 0 saturated heterocycles. The third-order valence-corrected chi connectivity index (χ3v) is 6.74. The maximum absolute atomic E-state index is 8.16. The number of rotatable bonds is 7. The minimum Gasteiger partial charge on any atom is -0.378 e. The number of anilines is 2. The van der Waals surface area contributed by atoms with E-state index in [9.17, 15) is 0 Å². The number of para-hydroxylation sites is 1. The molecule has 6 nitrogen and oxygen atoms in total. The van der Waals surface area contributed by atoms with E-state index >= 15 is 0 Å². The van der Waals surface area contributed by atoms with Crippen LogP contribution >= 0.6 is 0 Å². The van der Waals surface area contributed by atoms with Gasteiger partial charge in [0.2, 0.25) is 11.2 Å². The molecule has 0 aliphatic heterocycles. The topological polar surface area (TPSA) is 59.5 Å². The molecule has 1 N–H and O–H groups in total. The van der Waals surface area contributed by atoms with Gasteiger partial charge in [-0.1, -0.05) is 36.4 Å². The zero-order chi connectivity index (χ0) is 25.2. The third-order valence-electron chi connectivity index (χ3n) is 6.74. The molecule has 6 heteroatoms. The van der Waals surface area contributed by atoms with Gasteiger partial charge in [0.25, 0.3) is 5.52 Å². The first-order chi connectivity index (χ1) is 17.5. The van der Waals surface area contributed by atoms with E-state index in [0.29, 0.717) is 5.69 Å². The van der Waals surface area contributed by atoms with Gasteiger partial charge in [-0.2, -0.15) is 0 Å². The number of benzene rings is 4. The van der Waals surface area contributed by atoms with E-state index in [1.165, 1.54) is 0 Å². The lowest BCUT2D eigenvalue weighted by atomic mass is 10.0. The van der Waals surface area contributed by atoms with Gasteiger partial charge in [0.15, 0.2) is 5.69 Å². The van der Waals surface area contributed by atoms with Crippen molar-refractivity contribution >= 4 is 39.1 Å². The summed E-state index contributed by atoms with van der Waals surface area (Å²) in [5.41, 5.74) is 17.7. The van der Waals surface area contributed by atoms with Gasteiger partial charge in [0.1, 0.15) is 11.0 Å². The summed E-state index contributed by atoms with van der Waals surface area (Å²) in [5.74, 6) is 0. The van der Waals surface area contributed by atoms with Crippen LogP contribution in [0.3, 0.4) is 0 Å². The Morgan fingerprint density at radius 1 is 0.806 bits per heavy atom. The van der Waals surface area contributed by atoms with Crippen LogP contribution < -0.4 is 14.4 Å². The van der Waals surface area contributed by atoms with Crippen molar-refractivity contribution in [3.8, 4) is 16.8 Å². The second kappa shape index (κ2) is 9.74. The molecular formula is C30H31N6+. The lowest BCUT2D eigenvalue weighted by molar-refractivity contribution is -0.537. The Balaban J connectivity index is 1.85. The summed E-state index contributed by atoms with van der Waals surface area (Å²) in [7, 11) is 4.10. The number of nitrogens with one attached hydrogen (secondary N) is 1. The molecule has 0 atom stereocenters. The summed E-state index contributed by atoms with van der Waals surface area (Å²) in [6, 6.07) is 29.3. The van der Waals surface area contributed by atoms with Crippen molar-refractivity contribution in [2.75, 3.05) is 37.0 Å². The van der Waals surface area contributed by atoms with Crippen LogP contribution in [0.4, 0.5) is 17.1 Å². The second-order valence-electron chi connectivity index (χ2n) is 9.01. The predicted octanol–water partition coefficient (Wildman–Crippen LogP) is 6.91. The second-order valence-corrected chi connectivity index (χ2v) is 9.01. The Labute approximate surface area is 212 Å². The highest BCUT2D eigenvalue weighted by molar-refractivity contribution is 5.95. The van der Waals surface area contributed by atoms with Crippen molar-refractivity contribution in [2.45, 2.75) is 13.8 Å². The van der Waals surface area contributed by atoms with Gasteiger partial charge in [0.05, 0.1) is 5.69 Å². The average molecular weight is 476 g/mol. The molecule has 5 rings (SSSR count). The van der Waals surface area contributed by atoms with Gasteiger partial charge < -0.3 is 9.80 Å². The van der Waals surface area contributed by atoms with Crippen LogP contribution in [0, 0.1) is 5.53 Å². The smallest absolute Gasteiger partial charge is 0.267 e. The molecule has 1 aromatic heterocycles. The van der Waals surface area contributed by atoms with Crippen molar-refractivity contribution in [1.29, 1.82) is 5.53 Å². The average Bonchev–Trinajstić information content (AvgIpc) is 2.92. The predicted molar refractivity (Wildman–Crippen MR) is 149 cm³/mol. The standard InChI is InChI=1S/C30H31N6/c1-5-35(6-2)27-19-18-26-30(29(27)33-31)36(24-10-8-7-9-11-24)28-20-22(14-17-25(28)32-26)21-12-15-23(16-13-21)34(3)4/h7-20,31H,5-6H2,1-4H3/q+1. The Kier molecular flexibility index (Phi) is 6.34. The minimum atomic E-state index is 0.634. The first kappa shape index (κ1) is 23.4. The van der Waals surface area contributed by atoms with Crippen LogP contribution in [-0.2, 0) is 0 Å². The van der Waals surface area contributed by atoms with E-state index < -0.39 is 0 Å². The van der Waals surface area contributed by atoms with Gasteiger partial charge >= 0.3 is 0 Å². The Morgan fingerprint density at radius 2 is 1.47 bits per heavy atom. The van der Waals surface area contributed by atoms with Gasteiger partial charge in [-0.15, -0.1) is 9.68 Å². The number of nitrogens with zero attached hydrogens (tertiary/aromatic N) is 5. The summed E-state index contributed by atoms with van der Waals surface area (Å²) in [6.45, 7) is 5.92. The maximum atomic E-state index is 8.16. The maximum Gasteiger partial charge on any atom is 0.267 e. The molecule has 0 aliphatic carbocycles. The molecule has 0 aliphatic rings. The van der Waals surface area contributed by atoms with Gasteiger partial charge in [-0.25, -0.2) is 10.5 Å². The Hall–Kier alpha value is -4.32. The Bertz CT molecular complexity index is 1540. The fraction of sp³-hybridized carbons (Fsp3) is 0.200. The summed E-state index contributed by atoms with van der Waals surface area (Å²) < 4.78 is 2.20. The molecule has 4 aromatic carbocycles. The summed E-state index contributed by atoms with van der Waals surface area (Å²) in [6.07, 6.45) is 0. The third kappa shape index (κ3) is 4.05. The van der Waals surface area contributed by atoms with Crippen LogP contribution in [0.1, 0.15) is 13.8 Å². The fourth-order valence-corrected chi connectivity index (χ4v) is 4.82. The van der Waals surface area contributed by atoms with E-state index in [1.54, 1.807) is 0 Å². The molecular weight excluding hydrogens is 444 g/mol. The molecule has 0 bridgehead atoms. The van der Waals surface area contributed by atoms with Crippen molar-refractivity contribution < 1.29 is 4.57 Å². The van der Waals surface area contributed by atoms with Crippen molar-refractivity contribution in [3.05, 3.63) is 84.9 Å². The number of aromatic nitrogens is 2. The van der Waals surface area contributed by atoms with Crippen molar-refractivity contribution in [3.63, 3.8) is 0 Å². The molecule has 0 amide bonds. The molecule has 180 valence electrons. The van der Waals surface area contributed by atoms with Crippen LogP contribution in [0.2, 0.25) is 0 Å². The molecule has 0 radical (unpaired) electrons. The van der Waals surface area contributed by atoms with E-state index in [4.69, 9.17) is 10.5 Å². The van der Waals surface area contributed by atoms with Gasteiger partial charge in [0, 0.05) is 51.1 Å². The monoisotopic (exact) mass is 475 g/mol. The highest BCUT2D eigenvalue weighted by Crippen LogP contribution is 2.36. The highest BCUT2D eigenvalue weighted by atomic mass is 15.2. The zero-order valence-electron chi connectivity index (χ0n) is 21.2. The van der Waals surface area contributed by atoms with E-state index in [-0.39, 0.29) is 0 Å². The van der Waals surface area contributed by atoms with Crippen molar-refractivity contribution in [2.24, 2.45) is 5.11 Å². The zero-order valence-corrected chi connectivity index (χ0v) is 21.2. The highest BCUT2D eigenvalue weighted by Gasteiger charge is 2.26. The molecule has 5 aromatic rings. The number of hydrogen-bond donors (Lipinski definition) is 1. The van der Waals surface area contributed by atoms with E-state index in [2.05, 4.69) is 87.9 Å². The molecule has 0 spiro atoms. The molecule has 0 saturated carbocycles. The first-order valence-corrected chi connectivity index (χ1v) is 12.3. The quantitative estimate of drug-likeness (QED) is 0.158. The molecule has 1 heterocycles. The van der Waals surface area contributed by atoms with Crippen LogP contribution in [0.5, 0.6) is 0 Å². The van der Waals surface area contributed by atoms with Crippen LogP contribution in [0.15, 0.2) is 90.0 Å². The van der Waals surface area contributed by atoms with Crippen LogP contribution in [0.25, 0.3) is 38.9 Å². The number of fused-ring (bicyclic) bond motifs is 2. The van der Waals surface area contributed by atoms with E-state index in [0.717, 1.165) is 63.3 Å². The van der Waals surface area contributed by atoms with E-state index in [1.807, 2.05) is 44.4 Å². The summed E-state index contributed by atoms with van der Waals surface area (Å²) in [5, 5.41) is 4.06. The minimum absolute atomic E-state index is 0.634. The lowest BCUT2D eigenvalue weighted by Gasteiger charge is -2.22. The SMILES string of the molecule is CCN(CC)c1ccc2nc3ccc(-c4ccc(N(C)C)cc4)cc3[n+](-c3ccccc3)c2c1N=N. The Morgan fingerprint density at radius 3 is 2.11 bits per heavy atom. The summed E-state index contributed by atoms with van der Waals surface area (Å²) >= 11 is 0. The fourth-order valence-electron chi connectivity index (χ4n) is 4.82. The van der Waals surface area contributed by atoms with Gasteiger partial charge in [-0.05, 0) is 55.3 Å². The molecule has 0 fully saturated rings. The largest absolute Gasteiger partial charge is 0.378 e. The molecule has 36 heavy (non-hydrogen) atoms. The van der Waals surface area contributed by atoms with Gasteiger partial charge in [-0.3, -0.25) is 0 Å². The number of hydrogen-bond acceptors (Lipinski definition) is 5. The molecule has 0 unspecified atom stereocenters.